The Morgan fingerprint density at radius 2 is 1.92 bits per heavy atom. The molecule has 4 aromatic rings. The number of rotatable bonds is 3. The lowest BCUT2D eigenvalue weighted by Gasteiger charge is -2.11. The number of halogens is 2. The molecule has 25 heavy (non-hydrogen) atoms. The lowest BCUT2D eigenvalue weighted by atomic mass is 10.1. The maximum atomic E-state index is 14.3. The van der Waals surface area contributed by atoms with E-state index < -0.39 is 5.82 Å². The fourth-order valence-corrected chi connectivity index (χ4v) is 2.67. The quantitative estimate of drug-likeness (QED) is 0.583. The van der Waals surface area contributed by atoms with Crippen LogP contribution < -0.4 is 5.32 Å². The van der Waals surface area contributed by atoms with E-state index in [9.17, 15) is 4.39 Å². The summed E-state index contributed by atoms with van der Waals surface area (Å²) >= 11 is 6.01. The summed E-state index contributed by atoms with van der Waals surface area (Å²) in [6.45, 7) is 0. The van der Waals surface area contributed by atoms with Gasteiger partial charge in [0.1, 0.15) is 18.0 Å². The van der Waals surface area contributed by atoms with Crippen molar-refractivity contribution in [2.24, 2.45) is 0 Å². The molecule has 3 heterocycles. The van der Waals surface area contributed by atoms with Gasteiger partial charge in [0.25, 0.3) is 0 Å². The molecule has 0 atom stereocenters. The van der Waals surface area contributed by atoms with Gasteiger partial charge in [0.2, 0.25) is 0 Å². The third kappa shape index (κ3) is 3.12. The zero-order valence-electron chi connectivity index (χ0n) is 12.8. The van der Waals surface area contributed by atoms with Crippen LogP contribution in [0.4, 0.5) is 15.9 Å². The van der Waals surface area contributed by atoms with Gasteiger partial charge in [-0.2, -0.15) is 0 Å². The number of benzene rings is 1. The smallest absolute Gasteiger partial charge is 0.161 e. The van der Waals surface area contributed by atoms with Crippen LogP contribution in [0.1, 0.15) is 0 Å². The number of pyridine rings is 2. The van der Waals surface area contributed by atoms with Crippen LogP contribution in [-0.2, 0) is 0 Å². The van der Waals surface area contributed by atoms with Crippen molar-refractivity contribution in [1.29, 1.82) is 0 Å². The molecule has 7 heteroatoms. The van der Waals surface area contributed by atoms with Gasteiger partial charge < -0.3 is 5.32 Å². The van der Waals surface area contributed by atoms with E-state index in [2.05, 4.69) is 25.3 Å². The van der Waals surface area contributed by atoms with Gasteiger partial charge in [0, 0.05) is 28.4 Å². The van der Waals surface area contributed by atoms with E-state index >= 15 is 0 Å². The van der Waals surface area contributed by atoms with Crippen LogP contribution >= 0.6 is 11.6 Å². The zero-order chi connectivity index (χ0) is 17.2. The molecule has 0 amide bonds. The molecule has 0 radical (unpaired) electrons. The predicted octanol–water partition coefficient (Wildman–Crippen LogP) is 4.62. The van der Waals surface area contributed by atoms with E-state index in [0.29, 0.717) is 33.4 Å². The van der Waals surface area contributed by atoms with Crippen molar-refractivity contribution in [3.05, 3.63) is 72.0 Å². The molecule has 0 saturated carbocycles. The average Bonchev–Trinajstić information content (AvgIpc) is 2.64. The maximum absolute atomic E-state index is 14.3. The lowest BCUT2D eigenvalue weighted by Crippen LogP contribution is -1.98. The molecule has 0 saturated heterocycles. The maximum Gasteiger partial charge on any atom is 0.161 e. The molecular formula is C18H11ClFN5. The normalized spacial score (nSPS) is 10.8. The molecule has 5 nitrogen and oxygen atoms in total. The summed E-state index contributed by atoms with van der Waals surface area (Å²) in [4.78, 5) is 16.8. The first-order chi connectivity index (χ1) is 12.2. The summed E-state index contributed by atoms with van der Waals surface area (Å²) < 4.78 is 14.3. The number of fused-ring (bicyclic) bond motifs is 1. The molecule has 0 spiro atoms. The fourth-order valence-electron chi connectivity index (χ4n) is 2.49. The molecule has 0 fully saturated rings. The molecule has 3 aromatic heterocycles. The van der Waals surface area contributed by atoms with Crippen LogP contribution in [0.25, 0.3) is 22.3 Å². The monoisotopic (exact) mass is 351 g/mol. The van der Waals surface area contributed by atoms with Gasteiger partial charge in [-0.05, 0) is 42.5 Å². The first kappa shape index (κ1) is 15.4. The third-order valence-electron chi connectivity index (χ3n) is 3.63. The molecule has 4 rings (SSSR count). The molecular weight excluding hydrogens is 341 g/mol. The summed E-state index contributed by atoms with van der Waals surface area (Å²) in [5.41, 5.74) is 1.95. The van der Waals surface area contributed by atoms with Gasteiger partial charge >= 0.3 is 0 Å². The fraction of sp³-hybridized carbons (Fsp3) is 0. The van der Waals surface area contributed by atoms with Crippen molar-refractivity contribution < 1.29 is 4.39 Å². The number of nitrogens with one attached hydrogen (secondary N) is 1. The second kappa shape index (κ2) is 6.41. The number of anilines is 2. The minimum Gasteiger partial charge on any atom is -0.339 e. The second-order valence-corrected chi connectivity index (χ2v) is 5.71. The SMILES string of the molecule is Fc1ccc(Cl)cc1-c1cc(Nc2ccncn2)c2cccnc2n1. The summed E-state index contributed by atoms with van der Waals surface area (Å²) in [6.07, 6.45) is 4.72. The van der Waals surface area contributed by atoms with Crippen LogP contribution in [0.15, 0.2) is 61.2 Å². The lowest BCUT2D eigenvalue weighted by molar-refractivity contribution is 0.631. The topological polar surface area (TPSA) is 63.6 Å². The van der Waals surface area contributed by atoms with Gasteiger partial charge in [0.05, 0.1) is 11.4 Å². The molecule has 0 aliphatic carbocycles. The third-order valence-corrected chi connectivity index (χ3v) is 3.87. The highest BCUT2D eigenvalue weighted by Gasteiger charge is 2.12. The van der Waals surface area contributed by atoms with Crippen molar-refractivity contribution in [3.8, 4) is 11.3 Å². The second-order valence-electron chi connectivity index (χ2n) is 5.27. The van der Waals surface area contributed by atoms with E-state index in [-0.39, 0.29) is 0 Å². The van der Waals surface area contributed by atoms with Crippen molar-refractivity contribution in [1.82, 2.24) is 19.9 Å². The Morgan fingerprint density at radius 3 is 2.76 bits per heavy atom. The van der Waals surface area contributed by atoms with Crippen molar-refractivity contribution in [2.75, 3.05) is 5.32 Å². The van der Waals surface area contributed by atoms with Crippen molar-refractivity contribution >= 4 is 34.1 Å². The Morgan fingerprint density at radius 1 is 1.00 bits per heavy atom. The highest BCUT2D eigenvalue weighted by atomic mass is 35.5. The highest BCUT2D eigenvalue weighted by molar-refractivity contribution is 6.30. The van der Waals surface area contributed by atoms with E-state index in [0.717, 1.165) is 5.39 Å². The molecule has 122 valence electrons. The van der Waals surface area contributed by atoms with E-state index in [1.165, 1.54) is 18.5 Å². The summed E-state index contributed by atoms with van der Waals surface area (Å²) in [5, 5.41) is 4.44. The van der Waals surface area contributed by atoms with E-state index in [1.807, 2.05) is 12.1 Å². The molecule has 0 bridgehead atoms. The van der Waals surface area contributed by atoms with E-state index in [4.69, 9.17) is 11.6 Å². The van der Waals surface area contributed by atoms with Crippen LogP contribution in [0.3, 0.4) is 0 Å². The summed E-state index contributed by atoms with van der Waals surface area (Å²) in [5.74, 6) is 0.212. The van der Waals surface area contributed by atoms with Crippen LogP contribution in [0.2, 0.25) is 5.02 Å². The Balaban J connectivity index is 1.91. The Hall–Kier alpha value is -3.12. The first-order valence-electron chi connectivity index (χ1n) is 7.45. The van der Waals surface area contributed by atoms with Gasteiger partial charge in [-0.15, -0.1) is 0 Å². The van der Waals surface area contributed by atoms with Crippen LogP contribution in [0.5, 0.6) is 0 Å². The largest absolute Gasteiger partial charge is 0.339 e. The Bertz CT molecular complexity index is 1060. The predicted molar refractivity (Wildman–Crippen MR) is 95.3 cm³/mol. The molecule has 1 N–H and O–H groups in total. The van der Waals surface area contributed by atoms with Crippen LogP contribution in [-0.4, -0.2) is 19.9 Å². The standard InChI is InChI=1S/C18H11ClFN5/c19-11-3-4-14(20)13(8-11)16-9-15(24-17-5-7-21-10-23-17)12-2-1-6-22-18(12)25-16/h1-10H,(H,21,22,23,24,25). The molecule has 1 aromatic carbocycles. The first-order valence-corrected chi connectivity index (χ1v) is 7.83. The Kier molecular flexibility index (Phi) is 3.95. The number of nitrogens with zero attached hydrogens (tertiary/aromatic N) is 4. The number of hydrogen-bond acceptors (Lipinski definition) is 5. The van der Waals surface area contributed by atoms with E-state index in [1.54, 1.807) is 30.6 Å². The minimum absolute atomic E-state index is 0.311. The summed E-state index contributed by atoms with van der Waals surface area (Å²) in [7, 11) is 0. The van der Waals surface area contributed by atoms with Gasteiger partial charge in [-0.25, -0.2) is 24.3 Å². The van der Waals surface area contributed by atoms with Crippen molar-refractivity contribution in [2.45, 2.75) is 0 Å². The molecule has 0 aliphatic heterocycles. The zero-order valence-corrected chi connectivity index (χ0v) is 13.6. The highest BCUT2D eigenvalue weighted by Crippen LogP contribution is 2.31. The summed E-state index contributed by atoms with van der Waals surface area (Å²) in [6, 6.07) is 11.6. The number of aromatic nitrogens is 4. The Labute approximate surface area is 147 Å². The average molecular weight is 352 g/mol. The molecule has 0 unspecified atom stereocenters. The molecule has 0 aliphatic rings. The number of hydrogen-bond donors (Lipinski definition) is 1. The van der Waals surface area contributed by atoms with Crippen LogP contribution in [0, 0.1) is 5.82 Å². The van der Waals surface area contributed by atoms with Gasteiger partial charge in [-0.3, -0.25) is 0 Å². The van der Waals surface area contributed by atoms with Gasteiger partial charge in [0.15, 0.2) is 5.65 Å². The van der Waals surface area contributed by atoms with Crippen molar-refractivity contribution in [3.63, 3.8) is 0 Å². The minimum atomic E-state index is -0.403. The van der Waals surface area contributed by atoms with Gasteiger partial charge in [-0.1, -0.05) is 11.6 Å².